The van der Waals surface area contributed by atoms with E-state index >= 15 is 0 Å². The van der Waals surface area contributed by atoms with Gasteiger partial charge in [0.25, 0.3) is 5.91 Å². The highest BCUT2D eigenvalue weighted by Crippen LogP contribution is 2.17. The molecule has 1 aromatic heterocycles. The average molecular weight is 308 g/mol. The molecule has 0 aliphatic heterocycles. The number of nitrogens with zero attached hydrogens (tertiary/aromatic N) is 1. The number of carbonyl (C=O) groups excluding carboxylic acids is 1. The van der Waals surface area contributed by atoms with Gasteiger partial charge in [-0.15, -0.1) is 0 Å². The van der Waals surface area contributed by atoms with Crippen LogP contribution in [0.1, 0.15) is 22.8 Å². The Hall–Kier alpha value is -2.14. The van der Waals surface area contributed by atoms with E-state index in [4.69, 9.17) is 11.6 Å². The van der Waals surface area contributed by atoms with Crippen LogP contribution in [0.4, 0.5) is 10.1 Å². The van der Waals surface area contributed by atoms with Gasteiger partial charge in [-0.05, 0) is 30.7 Å². The Kier molecular flexibility index (Phi) is 5.11. The molecule has 1 aromatic carbocycles. The molecule has 0 bridgehead atoms. The highest BCUT2D eigenvalue weighted by Gasteiger charge is 2.11. The Balaban J connectivity index is 2.06. The molecule has 2 N–H and O–H groups in total. The first kappa shape index (κ1) is 15.3. The van der Waals surface area contributed by atoms with Gasteiger partial charge in [0.05, 0.1) is 16.3 Å². The molecule has 0 aliphatic rings. The summed E-state index contributed by atoms with van der Waals surface area (Å²) in [6, 6.07) is 6.09. The third kappa shape index (κ3) is 3.92. The smallest absolute Gasteiger partial charge is 0.255 e. The van der Waals surface area contributed by atoms with Crippen LogP contribution in [0.15, 0.2) is 36.7 Å². The van der Waals surface area contributed by atoms with Gasteiger partial charge >= 0.3 is 0 Å². The van der Waals surface area contributed by atoms with Gasteiger partial charge in [0.15, 0.2) is 0 Å². The van der Waals surface area contributed by atoms with Crippen molar-refractivity contribution < 1.29 is 9.18 Å². The lowest BCUT2D eigenvalue weighted by molar-refractivity contribution is 0.0951. The standard InChI is InChI=1S/C15H15ClFN3O/c1-2-19-14-5-6-18-9-11(14)15(21)20-8-10-3-4-13(17)12(16)7-10/h3-7,9H,2,8H2,1H3,(H,18,19)(H,20,21). The first-order valence-electron chi connectivity index (χ1n) is 6.51. The van der Waals surface area contributed by atoms with Gasteiger partial charge in [0, 0.05) is 25.5 Å². The molecule has 110 valence electrons. The van der Waals surface area contributed by atoms with Crippen LogP contribution in [-0.2, 0) is 6.54 Å². The summed E-state index contributed by atoms with van der Waals surface area (Å²) in [5.74, 6) is -0.729. The lowest BCUT2D eigenvalue weighted by Crippen LogP contribution is -2.24. The van der Waals surface area contributed by atoms with E-state index in [-0.39, 0.29) is 17.5 Å². The summed E-state index contributed by atoms with van der Waals surface area (Å²) in [7, 11) is 0. The van der Waals surface area contributed by atoms with Crippen LogP contribution in [0.3, 0.4) is 0 Å². The first-order chi connectivity index (χ1) is 10.1. The van der Waals surface area contributed by atoms with Crippen molar-refractivity contribution >= 4 is 23.2 Å². The number of pyridine rings is 1. The fourth-order valence-electron chi connectivity index (χ4n) is 1.85. The molecule has 0 spiro atoms. The fraction of sp³-hybridized carbons (Fsp3) is 0.200. The predicted molar refractivity (Wildman–Crippen MR) is 81.0 cm³/mol. The number of aromatic nitrogens is 1. The molecule has 2 rings (SSSR count). The average Bonchev–Trinajstić information content (AvgIpc) is 2.49. The van der Waals surface area contributed by atoms with Crippen molar-refractivity contribution in [3.05, 3.63) is 58.6 Å². The van der Waals surface area contributed by atoms with Crippen LogP contribution < -0.4 is 10.6 Å². The van der Waals surface area contributed by atoms with Gasteiger partial charge in [-0.3, -0.25) is 9.78 Å². The SMILES string of the molecule is CCNc1ccncc1C(=O)NCc1ccc(F)c(Cl)c1. The molecule has 0 unspecified atom stereocenters. The molecule has 1 amide bonds. The second-order valence-corrected chi connectivity index (χ2v) is 4.79. The molecular formula is C15H15ClFN3O. The molecule has 0 aliphatic carbocycles. The van der Waals surface area contributed by atoms with E-state index in [1.165, 1.54) is 18.3 Å². The van der Waals surface area contributed by atoms with Crippen molar-refractivity contribution in [1.82, 2.24) is 10.3 Å². The molecule has 0 radical (unpaired) electrons. The van der Waals surface area contributed by atoms with E-state index in [1.807, 2.05) is 6.92 Å². The summed E-state index contributed by atoms with van der Waals surface area (Å²) >= 11 is 5.70. The van der Waals surface area contributed by atoms with Crippen LogP contribution in [0.5, 0.6) is 0 Å². The largest absolute Gasteiger partial charge is 0.385 e. The molecule has 21 heavy (non-hydrogen) atoms. The van der Waals surface area contributed by atoms with Gasteiger partial charge in [-0.2, -0.15) is 0 Å². The number of hydrogen-bond donors (Lipinski definition) is 2. The maximum absolute atomic E-state index is 13.1. The van der Waals surface area contributed by atoms with Crippen LogP contribution >= 0.6 is 11.6 Å². The minimum Gasteiger partial charge on any atom is -0.385 e. The Bertz CT molecular complexity index is 649. The third-order valence-electron chi connectivity index (χ3n) is 2.87. The number of carbonyl (C=O) groups is 1. The van der Waals surface area contributed by atoms with Crippen molar-refractivity contribution in [2.75, 3.05) is 11.9 Å². The highest BCUT2D eigenvalue weighted by molar-refractivity contribution is 6.30. The predicted octanol–water partition coefficient (Wildman–Crippen LogP) is 3.24. The zero-order chi connectivity index (χ0) is 15.2. The van der Waals surface area contributed by atoms with E-state index in [0.717, 1.165) is 11.3 Å². The number of nitrogens with one attached hydrogen (secondary N) is 2. The molecule has 6 heteroatoms. The Morgan fingerprint density at radius 1 is 1.38 bits per heavy atom. The quantitative estimate of drug-likeness (QED) is 0.891. The maximum Gasteiger partial charge on any atom is 0.255 e. The second kappa shape index (κ2) is 7.04. The minimum atomic E-state index is -0.478. The van der Waals surface area contributed by atoms with E-state index in [9.17, 15) is 9.18 Å². The number of hydrogen-bond acceptors (Lipinski definition) is 3. The minimum absolute atomic E-state index is 0.0384. The third-order valence-corrected chi connectivity index (χ3v) is 3.16. The van der Waals surface area contributed by atoms with Gasteiger partial charge in [0.1, 0.15) is 5.82 Å². The summed E-state index contributed by atoms with van der Waals surface area (Å²) in [5.41, 5.74) is 1.92. The zero-order valence-electron chi connectivity index (χ0n) is 11.5. The van der Waals surface area contributed by atoms with Crippen molar-refractivity contribution in [2.24, 2.45) is 0 Å². The molecule has 0 fully saturated rings. The summed E-state index contributed by atoms with van der Waals surface area (Å²) in [4.78, 5) is 16.1. The van der Waals surface area contributed by atoms with Gasteiger partial charge in [-0.1, -0.05) is 17.7 Å². The summed E-state index contributed by atoms with van der Waals surface area (Å²) in [5, 5.41) is 5.90. The van der Waals surface area contributed by atoms with Crippen LogP contribution in [0, 0.1) is 5.82 Å². The number of amides is 1. The molecule has 0 saturated carbocycles. The first-order valence-corrected chi connectivity index (χ1v) is 6.89. The maximum atomic E-state index is 13.1. The fourth-order valence-corrected chi connectivity index (χ4v) is 2.05. The van der Waals surface area contributed by atoms with E-state index in [2.05, 4.69) is 15.6 Å². The van der Waals surface area contributed by atoms with E-state index in [1.54, 1.807) is 18.3 Å². The van der Waals surface area contributed by atoms with Crippen molar-refractivity contribution in [3.63, 3.8) is 0 Å². The topological polar surface area (TPSA) is 54.0 Å². The number of halogens is 2. The molecule has 4 nitrogen and oxygen atoms in total. The van der Waals surface area contributed by atoms with Crippen molar-refractivity contribution in [1.29, 1.82) is 0 Å². The Labute approximate surface area is 127 Å². The van der Waals surface area contributed by atoms with Crippen LogP contribution in [0.25, 0.3) is 0 Å². The molecule has 0 saturated heterocycles. The van der Waals surface area contributed by atoms with E-state index in [0.29, 0.717) is 12.1 Å². The summed E-state index contributed by atoms with van der Waals surface area (Å²) < 4.78 is 13.1. The summed E-state index contributed by atoms with van der Waals surface area (Å²) in [6.45, 7) is 2.92. The molecule has 2 aromatic rings. The Morgan fingerprint density at radius 2 is 2.19 bits per heavy atom. The van der Waals surface area contributed by atoms with E-state index < -0.39 is 5.82 Å². The number of rotatable bonds is 5. The van der Waals surface area contributed by atoms with Crippen LogP contribution in [-0.4, -0.2) is 17.4 Å². The normalized spacial score (nSPS) is 10.2. The van der Waals surface area contributed by atoms with Gasteiger partial charge in [-0.25, -0.2) is 4.39 Å². The van der Waals surface area contributed by atoms with Crippen molar-refractivity contribution in [2.45, 2.75) is 13.5 Å². The lowest BCUT2D eigenvalue weighted by atomic mass is 10.2. The Morgan fingerprint density at radius 3 is 2.90 bits per heavy atom. The van der Waals surface area contributed by atoms with Gasteiger partial charge < -0.3 is 10.6 Å². The summed E-state index contributed by atoms with van der Waals surface area (Å²) in [6.07, 6.45) is 3.12. The molecule has 1 heterocycles. The second-order valence-electron chi connectivity index (χ2n) is 4.38. The van der Waals surface area contributed by atoms with Gasteiger partial charge in [0.2, 0.25) is 0 Å². The molecule has 0 atom stereocenters. The van der Waals surface area contributed by atoms with Crippen LogP contribution in [0.2, 0.25) is 5.02 Å². The zero-order valence-corrected chi connectivity index (χ0v) is 12.2. The van der Waals surface area contributed by atoms with Crippen molar-refractivity contribution in [3.8, 4) is 0 Å². The highest BCUT2D eigenvalue weighted by atomic mass is 35.5. The monoisotopic (exact) mass is 307 g/mol. The lowest BCUT2D eigenvalue weighted by Gasteiger charge is -2.10. The number of anilines is 1. The molecular weight excluding hydrogens is 293 g/mol. The number of benzene rings is 1.